The summed E-state index contributed by atoms with van der Waals surface area (Å²) in [5.74, 6) is 0.776. The molecule has 2 aromatic rings. The highest BCUT2D eigenvalue weighted by Gasteiger charge is 2.52. The topological polar surface area (TPSA) is 127 Å². The maximum atomic E-state index is 12.2. The van der Waals surface area contributed by atoms with Gasteiger partial charge in [-0.05, 0) is 145 Å². The van der Waals surface area contributed by atoms with E-state index in [0.717, 1.165) is 49.0 Å². The lowest BCUT2D eigenvalue weighted by Gasteiger charge is -2.32. The van der Waals surface area contributed by atoms with Gasteiger partial charge in [0.25, 0.3) is 0 Å². The molecule has 1 N–H and O–H groups in total. The molecule has 2 fully saturated rings. The van der Waals surface area contributed by atoms with Gasteiger partial charge in [0.2, 0.25) is 20.0 Å². The van der Waals surface area contributed by atoms with E-state index in [4.69, 9.17) is 30.2 Å². The summed E-state index contributed by atoms with van der Waals surface area (Å²) in [4.78, 5) is 4.17. The summed E-state index contributed by atoms with van der Waals surface area (Å²) < 4.78 is 74.5. The number of hydrogen-bond acceptors (Lipinski definition) is 10. The van der Waals surface area contributed by atoms with Crippen molar-refractivity contribution in [1.82, 2.24) is 9.80 Å². The summed E-state index contributed by atoms with van der Waals surface area (Å²) in [5.41, 5.74) is 1.35. The second kappa shape index (κ2) is 20.0. The van der Waals surface area contributed by atoms with Crippen LogP contribution in [-0.4, -0.2) is 129 Å². The van der Waals surface area contributed by atoms with Gasteiger partial charge in [-0.15, -0.1) is 11.6 Å². The summed E-state index contributed by atoms with van der Waals surface area (Å²) >= 11 is 5.42. The zero-order chi connectivity index (χ0) is 40.6. The van der Waals surface area contributed by atoms with E-state index in [2.05, 4.69) is 9.62 Å². The third kappa shape index (κ3) is 15.2. The van der Waals surface area contributed by atoms with Crippen LogP contribution in [0.1, 0.15) is 75.7 Å². The van der Waals surface area contributed by atoms with E-state index >= 15 is 0 Å². The molecule has 0 bridgehead atoms. The Morgan fingerprint density at radius 2 is 0.963 bits per heavy atom. The Kier molecular flexibility index (Phi) is 18.6. The molecule has 12 nitrogen and oxygen atoms in total. The fourth-order valence-corrected chi connectivity index (χ4v) is 6.72. The number of alkyl halides is 1. The van der Waals surface area contributed by atoms with E-state index in [1.807, 2.05) is 113 Å². The molecule has 2 heterocycles. The van der Waals surface area contributed by atoms with Gasteiger partial charge in [-0.2, -0.15) is 0 Å². The zero-order valence-corrected chi connectivity index (χ0v) is 36.7. The first kappa shape index (κ1) is 50.1. The minimum atomic E-state index is -3.33. The van der Waals surface area contributed by atoms with Gasteiger partial charge in [0.15, 0.2) is 0 Å². The molecule has 0 saturated carbocycles. The van der Waals surface area contributed by atoms with Gasteiger partial charge in [0, 0.05) is 18.1 Å². The molecule has 2 aliphatic rings. The number of rotatable bonds is 13. The van der Waals surface area contributed by atoms with Crippen LogP contribution in [0, 0.1) is 0 Å². The average Bonchev–Trinajstić information content (AvgIpc) is 3.37. The molecule has 4 rings (SSSR count). The molecule has 0 atom stereocenters. The zero-order valence-electron chi connectivity index (χ0n) is 34.3. The molecule has 54 heavy (non-hydrogen) atoms. The predicted octanol–water partition coefficient (Wildman–Crippen LogP) is 4.87. The first-order chi connectivity index (χ1) is 24.1. The van der Waals surface area contributed by atoms with Crippen LogP contribution in [0.15, 0.2) is 48.5 Å². The van der Waals surface area contributed by atoms with E-state index in [1.54, 1.807) is 24.3 Å². The smallest absolute Gasteiger partial charge is 0.399 e. The van der Waals surface area contributed by atoms with Crippen molar-refractivity contribution in [3.05, 3.63) is 48.5 Å². The highest BCUT2D eigenvalue weighted by Crippen LogP contribution is 2.37. The molecule has 2 saturated heterocycles. The normalized spacial score (nSPS) is 18.3. The molecule has 0 aliphatic carbocycles. The van der Waals surface area contributed by atoms with Crippen LogP contribution >= 0.6 is 11.6 Å². The molecule has 0 aromatic heterocycles. The fourth-order valence-electron chi connectivity index (χ4n) is 5.07. The number of benzene rings is 2. The van der Waals surface area contributed by atoms with Gasteiger partial charge in [-0.1, -0.05) is 31.7 Å². The summed E-state index contributed by atoms with van der Waals surface area (Å²) in [7, 11) is 0.570. The lowest BCUT2D eigenvalue weighted by Crippen LogP contribution is -2.41. The number of anilines is 2. The number of nitrogens with one attached hydrogen (secondary N) is 1. The molecule has 2 aromatic carbocycles. The second-order valence-electron chi connectivity index (χ2n) is 16.1. The minimum Gasteiger partial charge on any atom is -0.399 e. The maximum Gasteiger partial charge on any atom is 0.494 e. The number of halogens is 1. The molecular weight excluding hydrogens is 750 g/mol. The van der Waals surface area contributed by atoms with E-state index in [-0.39, 0.29) is 18.6 Å². The molecule has 0 spiro atoms. The van der Waals surface area contributed by atoms with E-state index in [0.29, 0.717) is 17.9 Å². The van der Waals surface area contributed by atoms with Gasteiger partial charge in [-0.25, -0.2) is 16.8 Å². The molecule has 308 valence electrons. The first-order valence-electron chi connectivity index (χ1n) is 17.8. The highest BCUT2D eigenvalue weighted by molar-refractivity contribution is 7.92. The summed E-state index contributed by atoms with van der Waals surface area (Å²) in [6.07, 6.45) is 4.22. The molecule has 0 radical (unpaired) electrons. The van der Waals surface area contributed by atoms with Crippen molar-refractivity contribution in [3.8, 4) is 0 Å². The largest absolute Gasteiger partial charge is 0.494 e. The van der Waals surface area contributed by atoms with Gasteiger partial charge in [-0.3, -0.25) is 9.03 Å². The monoisotopic (exact) mass is 816 g/mol. The Morgan fingerprint density at radius 3 is 1.26 bits per heavy atom. The number of hydrogen-bond donors (Lipinski definition) is 1. The Morgan fingerprint density at radius 1 is 0.611 bits per heavy atom. The van der Waals surface area contributed by atoms with E-state index in [1.165, 1.54) is 10.6 Å². The lowest BCUT2D eigenvalue weighted by atomic mass is 9.79. The van der Waals surface area contributed by atoms with Crippen molar-refractivity contribution in [3.63, 3.8) is 0 Å². The van der Waals surface area contributed by atoms with Crippen LogP contribution in [0.2, 0.25) is 0 Å². The highest BCUT2D eigenvalue weighted by atomic mass is 35.5. The van der Waals surface area contributed by atoms with Crippen LogP contribution in [0.25, 0.3) is 0 Å². The third-order valence-corrected chi connectivity index (χ3v) is 11.6. The SMILES string of the molecule is C.CC1(C)OB(c2ccc(NS(C)(=O)=O)cc2)OC1(C)C.CN(C)CCCCl.CN(C)CCCN(c1ccc(B2OC(C)(C)C(C)(C)O2)cc1)S(C)(=O)=O. The standard InChI is InChI=1S/C18H31BN2O4S.C13H20BNO4S.C5H12ClN.CH4/c1-17(2)18(3,4)25-19(24-17)15-9-11-16(12-10-15)21(26(7,22)23)14-8-13-20(5)6;1-12(2)13(3,4)19-14(18-12)10-6-8-11(9-7-10)15-20(5,16)17;1-7(2)5-3-4-6;/h9-12H,8,13-14H2,1-7H3;6-9,15H,1-5H3;3-5H2,1-2H3;1H4. The Balaban J connectivity index is 0.000000462. The van der Waals surface area contributed by atoms with Crippen LogP contribution in [0.4, 0.5) is 11.4 Å². The van der Waals surface area contributed by atoms with Crippen LogP contribution < -0.4 is 20.0 Å². The van der Waals surface area contributed by atoms with Gasteiger partial charge < -0.3 is 28.4 Å². The molecule has 0 amide bonds. The average molecular weight is 817 g/mol. The van der Waals surface area contributed by atoms with E-state index in [9.17, 15) is 16.8 Å². The maximum absolute atomic E-state index is 12.2. The second-order valence-corrected chi connectivity index (χ2v) is 20.1. The fraction of sp³-hybridized carbons (Fsp3) is 0.676. The summed E-state index contributed by atoms with van der Waals surface area (Å²) in [6.45, 7) is 18.4. The first-order valence-corrected chi connectivity index (χ1v) is 22.1. The summed E-state index contributed by atoms with van der Waals surface area (Å²) in [5, 5.41) is 0. The van der Waals surface area contributed by atoms with Crippen molar-refractivity contribution in [2.24, 2.45) is 0 Å². The molecular formula is C37H67B2ClN4O8S2. The Labute approximate surface area is 334 Å². The summed E-state index contributed by atoms with van der Waals surface area (Å²) in [6, 6.07) is 14.4. The van der Waals surface area contributed by atoms with Crippen molar-refractivity contribution in [2.45, 2.75) is 98.1 Å². The van der Waals surface area contributed by atoms with Crippen molar-refractivity contribution in [1.29, 1.82) is 0 Å². The minimum absolute atomic E-state index is 0. The van der Waals surface area contributed by atoms with Crippen molar-refractivity contribution < 1.29 is 35.5 Å². The van der Waals surface area contributed by atoms with Crippen LogP contribution in [0.5, 0.6) is 0 Å². The van der Waals surface area contributed by atoms with Crippen LogP contribution in [-0.2, 0) is 38.7 Å². The number of nitrogens with zero attached hydrogens (tertiary/aromatic N) is 3. The third-order valence-electron chi connectivity index (χ3n) is 9.55. The number of sulfonamides is 2. The predicted molar refractivity (Wildman–Crippen MR) is 229 cm³/mol. The quantitative estimate of drug-likeness (QED) is 0.221. The van der Waals surface area contributed by atoms with Crippen molar-refractivity contribution >= 4 is 68.2 Å². The van der Waals surface area contributed by atoms with E-state index < -0.39 is 45.5 Å². The Bertz CT molecular complexity index is 1630. The molecule has 17 heteroatoms. The lowest BCUT2D eigenvalue weighted by molar-refractivity contribution is 0.00578. The molecule has 2 aliphatic heterocycles. The van der Waals surface area contributed by atoms with Crippen LogP contribution in [0.3, 0.4) is 0 Å². The molecule has 0 unspecified atom stereocenters. The van der Waals surface area contributed by atoms with Gasteiger partial charge >= 0.3 is 14.2 Å². The van der Waals surface area contributed by atoms with Gasteiger partial charge in [0.1, 0.15) is 0 Å². The van der Waals surface area contributed by atoms with Gasteiger partial charge in [0.05, 0.1) is 40.6 Å². The Hall–Kier alpha value is -1.88. The van der Waals surface area contributed by atoms with Crippen molar-refractivity contribution in [2.75, 3.05) is 75.2 Å².